The molecular weight excluding hydrogens is 198 g/mol. The summed E-state index contributed by atoms with van der Waals surface area (Å²) in [7, 11) is 0. The van der Waals surface area contributed by atoms with E-state index < -0.39 is 0 Å². The number of piperidine rings is 1. The van der Waals surface area contributed by atoms with Crippen molar-refractivity contribution >= 4 is 0 Å². The number of hydrogen-bond donors (Lipinski definition) is 2. The molecule has 2 unspecified atom stereocenters. The minimum Gasteiger partial charge on any atom is -0.388 e. The van der Waals surface area contributed by atoms with Gasteiger partial charge in [-0.05, 0) is 55.3 Å². The molecule has 0 radical (unpaired) electrons. The van der Waals surface area contributed by atoms with E-state index in [1.807, 2.05) is 6.07 Å². The van der Waals surface area contributed by atoms with Gasteiger partial charge in [0.25, 0.3) is 0 Å². The molecule has 1 aliphatic carbocycles. The van der Waals surface area contributed by atoms with Crippen LogP contribution in [-0.2, 0) is 0 Å². The number of aliphatic hydroxyl groups is 1. The smallest absolute Gasteiger partial charge is 0.0798 e. The van der Waals surface area contributed by atoms with Crippen molar-refractivity contribution in [2.75, 3.05) is 13.1 Å². The summed E-state index contributed by atoms with van der Waals surface area (Å²) in [6.45, 7) is 2.28. The SMILES string of the molecule is OC1CC(C2CCNCC2)c2ccccc21. The van der Waals surface area contributed by atoms with E-state index >= 15 is 0 Å². The van der Waals surface area contributed by atoms with E-state index in [1.54, 1.807) is 0 Å². The number of hydrogen-bond acceptors (Lipinski definition) is 2. The van der Waals surface area contributed by atoms with Crippen LogP contribution < -0.4 is 5.32 Å². The molecule has 1 heterocycles. The fourth-order valence-electron chi connectivity index (χ4n) is 3.34. The van der Waals surface area contributed by atoms with Crippen LogP contribution in [-0.4, -0.2) is 18.2 Å². The zero-order chi connectivity index (χ0) is 11.0. The van der Waals surface area contributed by atoms with Crippen LogP contribution in [0.2, 0.25) is 0 Å². The molecule has 2 heteroatoms. The van der Waals surface area contributed by atoms with Gasteiger partial charge in [0, 0.05) is 0 Å². The lowest BCUT2D eigenvalue weighted by Gasteiger charge is -2.28. The number of benzene rings is 1. The largest absolute Gasteiger partial charge is 0.388 e. The molecule has 86 valence electrons. The Kier molecular flexibility index (Phi) is 2.70. The molecule has 16 heavy (non-hydrogen) atoms. The van der Waals surface area contributed by atoms with E-state index in [0.717, 1.165) is 25.4 Å². The predicted molar refractivity (Wildman–Crippen MR) is 64.4 cm³/mol. The zero-order valence-electron chi connectivity index (χ0n) is 9.52. The maximum atomic E-state index is 10.1. The second-order valence-electron chi connectivity index (χ2n) is 5.07. The van der Waals surface area contributed by atoms with Gasteiger partial charge in [-0.25, -0.2) is 0 Å². The average molecular weight is 217 g/mol. The van der Waals surface area contributed by atoms with Gasteiger partial charge in [0.15, 0.2) is 0 Å². The monoisotopic (exact) mass is 217 g/mol. The Balaban J connectivity index is 1.87. The molecule has 0 aromatic heterocycles. The van der Waals surface area contributed by atoms with E-state index in [2.05, 4.69) is 23.5 Å². The number of aliphatic hydroxyl groups excluding tert-OH is 1. The maximum Gasteiger partial charge on any atom is 0.0798 e. The molecule has 2 N–H and O–H groups in total. The summed E-state index contributed by atoms with van der Waals surface area (Å²) in [5, 5.41) is 13.5. The van der Waals surface area contributed by atoms with Crippen LogP contribution in [0.25, 0.3) is 0 Å². The Hall–Kier alpha value is -0.860. The number of fused-ring (bicyclic) bond motifs is 1. The van der Waals surface area contributed by atoms with E-state index in [4.69, 9.17) is 0 Å². The summed E-state index contributed by atoms with van der Waals surface area (Å²) in [5.41, 5.74) is 2.58. The first-order chi connectivity index (χ1) is 7.86. The van der Waals surface area contributed by atoms with Crippen molar-refractivity contribution in [1.29, 1.82) is 0 Å². The highest BCUT2D eigenvalue weighted by Crippen LogP contribution is 2.46. The quantitative estimate of drug-likeness (QED) is 0.756. The van der Waals surface area contributed by atoms with Crippen LogP contribution in [0.3, 0.4) is 0 Å². The summed E-state index contributed by atoms with van der Waals surface area (Å²) in [5.74, 6) is 1.35. The molecule has 1 saturated heterocycles. The molecule has 3 rings (SSSR count). The maximum absolute atomic E-state index is 10.1. The van der Waals surface area contributed by atoms with Crippen molar-refractivity contribution in [2.24, 2.45) is 5.92 Å². The molecule has 1 aliphatic heterocycles. The summed E-state index contributed by atoms with van der Waals surface area (Å²) in [6, 6.07) is 8.43. The van der Waals surface area contributed by atoms with Gasteiger partial charge < -0.3 is 10.4 Å². The highest BCUT2D eigenvalue weighted by atomic mass is 16.3. The standard InChI is InChI=1S/C14H19NO/c16-14-9-13(10-5-7-15-8-6-10)11-3-1-2-4-12(11)14/h1-4,10,13-16H,5-9H2. The lowest BCUT2D eigenvalue weighted by molar-refractivity contribution is 0.159. The van der Waals surface area contributed by atoms with Crippen molar-refractivity contribution < 1.29 is 5.11 Å². The van der Waals surface area contributed by atoms with Gasteiger partial charge >= 0.3 is 0 Å². The molecule has 2 nitrogen and oxygen atoms in total. The van der Waals surface area contributed by atoms with Crippen LogP contribution >= 0.6 is 0 Å². The molecule has 2 aliphatic rings. The first kappa shape index (κ1) is 10.3. The predicted octanol–water partition coefficient (Wildman–Crippen LogP) is 2.21. The highest BCUT2D eigenvalue weighted by molar-refractivity contribution is 5.37. The highest BCUT2D eigenvalue weighted by Gasteiger charge is 2.34. The number of nitrogens with one attached hydrogen (secondary N) is 1. The zero-order valence-corrected chi connectivity index (χ0v) is 9.52. The van der Waals surface area contributed by atoms with Crippen LogP contribution in [0.4, 0.5) is 0 Å². The fourth-order valence-corrected chi connectivity index (χ4v) is 3.34. The van der Waals surface area contributed by atoms with Crippen LogP contribution in [0.1, 0.15) is 42.4 Å². The van der Waals surface area contributed by atoms with Crippen molar-refractivity contribution in [3.63, 3.8) is 0 Å². The van der Waals surface area contributed by atoms with E-state index in [1.165, 1.54) is 24.0 Å². The second-order valence-corrected chi connectivity index (χ2v) is 5.07. The summed E-state index contributed by atoms with van der Waals surface area (Å²) in [6.07, 6.45) is 3.22. The minimum absolute atomic E-state index is 0.226. The third-order valence-electron chi connectivity index (χ3n) is 4.18. The molecule has 0 amide bonds. The van der Waals surface area contributed by atoms with Crippen LogP contribution in [0.15, 0.2) is 24.3 Å². The first-order valence-electron chi connectivity index (χ1n) is 6.34. The van der Waals surface area contributed by atoms with Gasteiger partial charge in [0.2, 0.25) is 0 Å². The van der Waals surface area contributed by atoms with E-state index in [9.17, 15) is 5.11 Å². The normalized spacial score (nSPS) is 30.3. The topological polar surface area (TPSA) is 32.3 Å². The third kappa shape index (κ3) is 1.66. The molecule has 0 bridgehead atoms. The molecule has 0 spiro atoms. The summed E-state index contributed by atoms with van der Waals surface area (Å²) < 4.78 is 0. The van der Waals surface area contributed by atoms with E-state index in [0.29, 0.717) is 5.92 Å². The Morgan fingerprint density at radius 2 is 1.75 bits per heavy atom. The Morgan fingerprint density at radius 1 is 1.06 bits per heavy atom. The van der Waals surface area contributed by atoms with Gasteiger partial charge in [0.05, 0.1) is 6.10 Å². The number of rotatable bonds is 1. The molecule has 0 saturated carbocycles. The Bertz CT molecular complexity index is 371. The Labute approximate surface area is 96.7 Å². The first-order valence-corrected chi connectivity index (χ1v) is 6.34. The van der Waals surface area contributed by atoms with Crippen molar-refractivity contribution in [2.45, 2.75) is 31.3 Å². The molecule has 2 atom stereocenters. The van der Waals surface area contributed by atoms with Crippen LogP contribution in [0.5, 0.6) is 0 Å². The Morgan fingerprint density at radius 3 is 2.50 bits per heavy atom. The van der Waals surface area contributed by atoms with Crippen molar-refractivity contribution in [3.05, 3.63) is 35.4 Å². The lowest BCUT2D eigenvalue weighted by atomic mass is 9.81. The van der Waals surface area contributed by atoms with Crippen LogP contribution in [0, 0.1) is 5.92 Å². The van der Waals surface area contributed by atoms with Gasteiger partial charge in [-0.3, -0.25) is 0 Å². The van der Waals surface area contributed by atoms with E-state index in [-0.39, 0.29) is 6.10 Å². The summed E-state index contributed by atoms with van der Waals surface area (Å²) in [4.78, 5) is 0. The van der Waals surface area contributed by atoms with Crippen molar-refractivity contribution in [1.82, 2.24) is 5.32 Å². The molecular formula is C14H19NO. The van der Waals surface area contributed by atoms with Gasteiger partial charge in [-0.2, -0.15) is 0 Å². The second kappa shape index (κ2) is 4.19. The third-order valence-corrected chi connectivity index (χ3v) is 4.18. The fraction of sp³-hybridized carbons (Fsp3) is 0.571. The molecule has 1 aromatic carbocycles. The summed E-state index contributed by atoms with van der Waals surface area (Å²) >= 11 is 0. The molecule has 1 fully saturated rings. The lowest BCUT2D eigenvalue weighted by Crippen LogP contribution is -2.30. The molecule has 1 aromatic rings. The van der Waals surface area contributed by atoms with Gasteiger partial charge in [-0.1, -0.05) is 24.3 Å². The average Bonchev–Trinajstić information content (AvgIpc) is 2.69. The van der Waals surface area contributed by atoms with Gasteiger partial charge in [0.1, 0.15) is 0 Å². The van der Waals surface area contributed by atoms with Gasteiger partial charge in [-0.15, -0.1) is 0 Å². The minimum atomic E-state index is -0.226. The van der Waals surface area contributed by atoms with Crippen molar-refractivity contribution in [3.8, 4) is 0 Å².